The van der Waals surface area contributed by atoms with Crippen molar-refractivity contribution in [2.75, 3.05) is 5.75 Å². The summed E-state index contributed by atoms with van der Waals surface area (Å²) in [5.41, 5.74) is 1.57. The topological polar surface area (TPSA) is 70.2 Å². The number of hydrogen-bond donors (Lipinski definition) is 0. The van der Waals surface area contributed by atoms with Crippen molar-refractivity contribution in [1.29, 1.82) is 0 Å². The molecule has 0 saturated heterocycles. The van der Waals surface area contributed by atoms with E-state index in [1.165, 1.54) is 30.2 Å². The maximum Gasteiger partial charge on any atom is 0.316 e. The van der Waals surface area contributed by atoms with Crippen LogP contribution in [0.2, 0.25) is 0 Å². The van der Waals surface area contributed by atoms with Gasteiger partial charge in [0.25, 0.3) is 0 Å². The van der Waals surface area contributed by atoms with Gasteiger partial charge in [-0.1, -0.05) is 42.1 Å². The quantitative estimate of drug-likeness (QED) is 0.331. The Hall–Kier alpha value is -3.39. The molecule has 0 saturated carbocycles. The summed E-state index contributed by atoms with van der Waals surface area (Å²) in [5.74, 6) is 0.318. The number of rotatable bonds is 7. The largest absolute Gasteiger partial charge is 0.461 e. The van der Waals surface area contributed by atoms with Gasteiger partial charge in [-0.05, 0) is 42.0 Å². The molecular formula is C21H16FN3O3S. The molecule has 0 aliphatic rings. The number of halogens is 1. The van der Waals surface area contributed by atoms with E-state index in [1.54, 1.807) is 28.8 Å². The highest BCUT2D eigenvalue weighted by Gasteiger charge is 2.19. The lowest BCUT2D eigenvalue weighted by atomic mass is 10.2. The average Bonchev–Trinajstić information content (AvgIpc) is 3.42. The summed E-state index contributed by atoms with van der Waals surface area (Å²) in [7, 11) is 0. The first-order valence-corrected chi connectivity index (χ1v) is 9.77. The lowest BCUT2D eigenvalue weighted by Crippen LogP contribution is -2.08. The van der Waals surface area contributed by atoms with Gasteiger partial charge in [-0.3, -0.25) is 9.36 Å². The molecule has 4 aromatic rings. The van der Waals surface area contributed by atoms with E-state index < -0.39 is 0 Å². The molecule has 0 N–H and O–H groups in total. The smallest absolute Gasteiger partial charge is 0.316 e. The number of benzene rings is 2. The van der Waals surface area contributed by atoms with Gasteiger partial charge < -0.3 is 9.15 Å². The van der Waals surface area contributed by atoms with E-state index in [2.05, 4.69) is 10.2 Å². The molecule has 0 bridgehead atoms. The molecule has 2 aromatic heterocycles. The SMILES string of the molecule is O=C(CSc1nnc(-c2ccco2)n1-c1ccc(F)cc1)OCc1ccccc1. The first-order valence-electron chi connectivity index (χ1n) is 8.78. The molecule has 29 heavy (non-hydrogen) atoms. The number of hydrogen-bond acceptors (Lipinski definition) is 6. The molecule has 0 radical (unpaired) electrons. The number of thioether (sulfide) groups is 1. The van der Waals surface area contributed by atoms with E-state index in [-0.39, 0.29) is 24.1 Å². The highest BCUT2D eigenvalue weighted by Crippen LogP contribution is 2.28. The van der Waals surface area contributed by atoms with Gasteiger partial charge in [0.15, 0.2) is 10.9 Å². The summed E-state index contributed by atoms with van der Waals surface area (Å²) in [6.45, 7) is 0.211. The van der Waals surface area contributed by atoms with Crippen LogP contribution in [0.1, 0.15) is 5.56 Å². The number of esters is 1. The molecule has 0 aliphatic heterocycles. The van der Waals surface area contributed by atoms with Crippen LogP contribution in [-0.4, -0.2) is 26.5 Å². The van der Waals surface area contributed by atoms with E-state index in [0.29, 0.717) is 22.4 Å². The molecule has 4 rings (SSSR count). The van der Waals surface area contributed by atoms with Crippen molar-refractivity contribution in [2.45, 2.75) is 11.8 Å². The molecule has 0 spiro atoms. The molecule has 146 valence electrons. The van der Waals surface area contributed by atoms with Crippen molar-refractivity contribution in [3.05, 3.63) is 84.4 Å². The maximum absolute atomic E-state index is 13.4. The Bertz CT molecular complexity index is 1080. The number of aromatic nitrogens is 3. The highest BCUT2D eigenvalue weighted by atomic mass is 32.2. The fourth-order valence-electron chi connectivity index (χ4n) is 2.65. The van der Waals surface area contributed by atoms with Gasteiger partial charge >= 0.3 is 5.97 Å². The summed E-state index contributed by atoms with van der Waals surface area (Å²) in [5, 5.41) is 8.83. The number of nitrogens with zero attached hydrogens (tertiary/aromatic N) is 3. The van der Waals surface area contributed by atoms with E-state index >= 15 is 0 Å². The Balaban J connectivity index is 1.51. The van der Waals surface area contributed by atoms with Gasteiger partial charge in [0.1, 0.15) is 12.4 Å². The number of furan rings is 1. The van der Waals surface area contributed by atoms with Crippen LogP contribution in [0.4, 0.5) is 4.39 Å². The van der Waals surface area contributed by atoms with Gasteiger partial charge in [-0.2, -0.15) is 0 Å². The molecule has 2 heterocycles. The van der Waals surface area contributed by atoms with Crippen molar-refractivity contribution < 1.29 is 18.3 Å². The molecule has 0 amide bonds. The zero-order chi connectivity index (χ0) is 20.1. The summed E-state index contributed by atoms with van der Waals surface area (Å²) in [6, 6.07) is 18.9. The summed E-state index contributed by atoms with van der Waals surface area (Å²) in [6.07, 6.45) is 1.53. The Labute approximate surface area is 170 Å². The fraction of sp³-hybridized carbons (Fsp3) is 0.0952. The van der Waals surface area contributed by atoms with Crippen LogP contribution < -0.4 is 0 Å². The highest BCUT2D eigenvalue weighted by molar-refractivity contribution is 7.99. The summed E-state index contributed by atoms with van der Waals surface area (Å²) in [4.78, 5) is 12.1. The lowest BCUT2D eigenvalue weighted by Gasteiger charge is -2.09. The first-order chi connectivity index (χ1) is 14.2. The van der Waals surface area contributed by atoms with Crippen molar-refractivity contribution in [3.8, 4) is 17.3 Å². The van der Waals surface area contributed by atoms with Gasteiger partial charge in [0.2, 0.25) is 5.82 Å². The third-order valence-corrected chi connectivity index (χ3v) is 4.92. The lowest BCUT2D eigenvalue weighted by molar-refractivity contribution is -0.141. The first kappa shape index (κ1) is 18.9. The van der Waals surface area contributed by atoms with Crippen LogP contribution in [0.15, 0.2) is 82.6 Å². The van der Waals surface area contributed by atoms with Crippen LogP contribution in [0, 0.1) is 5.82 Å². The van der Waals surface area contributed by atoms with Crippen LogP contribution in [0.5, 0.6) is 0 Å². The fourth-order valence-corrected chi connectivity index (χ4v) is 3.40. The molecule has 0 atom stereocenters. The second kappa shape index (κ2) is 8.74. The second-order valence-corrected chi connectivity index (χ2v) is 6.97. The third-order valence-electron chi connectivity index (χ3n) is 4.02. The Morgan fingerprint density at radius 2 is 1.83 bits per heavy atom. The standard InChI is InChI=1S/C21H16FN3O3S/c22-16-8-10-17(11-9-16)25-20(18-7-4-12-27-18)23-24-21(25)29-14-19(26)28-13-15-5-2-1-3-6-15/h1-12H,13-14H2. The Morgan fingerprint density at radius 1 is 1.03 bits per heavy atom. The van der Waals surface area contributed by atoms with Gasteiger partial charge in [-0.25, -0.2) is 4.39 Å². The van der Waals surface area contributed by atoms with E-state index in [4.69, 9.17) is 9.15 Å². The van der Waals surface area contributed by atoms with Crippen molar-refractivity contribution in [1.82, 2.24) is 14.8 Å². The normalized spacial score (nSPS) is 10.8. The van der Waals surface area contributed by atoms with Gasteiger partial charge in [0, 0.05) is 0 Å². The van der Waals surface area contributed by atoms with E-state index in [0.717, 1.165) is 5.56 Å². The van der Waals surface area contributed by atoms with E-state index in [9.17, 15) is 9.18 Å². The number of carbonyl (C=O) groups excluding carboxylic acids is 1. The second-order valence-electron chi connectivity index (χ2n) is 6.03. The predicted molar refractivity (Wildman–Crippen MR) is 106 cm³/mol. The zero-order valence-corrected chi connectivity index (χ0v) is 16.0. The summed E-state index contributed by atoms with van der Waals surface area (Å²) < 4.78 is 25.8. The molecule has 0 fully saturated rings. The minimum absolute atomic E-state index is 0.0598. The number of carbonyl (C=O) groups is 1. The molecule has 0 unspecified atom stereocenters. The van der Waals surface area contributed by atoms with Gasteiger partial charge in [0.05, 0.1) is 17.7 Å². The zero-order valence-electron chi connectivity index (χ0n) is 15.2. The van der Waals surface area contributed by atoms with Crippen LogP contribution in [0.3, 0.4) is 0 Å². The van der Waals surface area contributed by atoms with Crippen molar-refractivity contribution >= 4 is 17.7 Å². The molecule has 2 aromatic carbocycles. The molecule has 8 heteroatoms. The predicted octanol–water partition coefficient (Wildman–Crippen LogP) is 4.50. The summed E-state index contributed by atoms with van der Waals surface area (Å²) >= 11 is 1.19. The molecule has 0 aliphatic carbocycles. The third kappa shape index (κ3) is 4.55. The molecule has 6 nitrogen and oxygen atoms in total. The van der Waals surface area contributed by atoms with E-state index in [1.807, 2.05) is 30.3 Å². The minimum atomic E-state index is -0.368. The van der Waals surface area contributed by atoms with Crippen molar-refractivity contribution in [2.24, 2.45) is 0 Å². The monoisotopic (exact) mass is 409 g/mol. The van der Waals surface area contributed by atoms with Gasteiger partial charge in [-0.15, -0.1) is 10.2 Å². The van der Waals surface area contributed by atoms with Crippen molar-refractivity contribution in [3.63, 3.8) is 0 Å². The van der Waals surface area contributed by atoms with Crippen LogP contribution in [-0.2, 0) is 16.1 Å². The van der Waals surface area contributed by atoms with Crippen LogP contribution >= 0.6 is 11.8 Å². The number of ether oxygens (including phenoxy) is 1. The Morgan fingerprint density at radius 3 is 2.55 bits per heavy atom. The molecular weight excluding hydrogens is 393 g/mol. The van der Waals surface area contributed by atoms with Crippen LogP contribution in [0.25, 0.3) is 17.3 Å². The average molecular weight is 409 g/mol. The minimum Gasteiger partial charge on any atom is -0.461 e. The Kier molecular flexibility index (Phi) is 5.71. The maximum atomic E-state index is 13.4.